The summed E-state index contributed by atoms with van der Waals surface area (Å²) in [6.07, 6.45) is 3.46. The third-order valence-corrected chi connectivity index (χ3v) is 8.52. The number of nitrogens with one attached hydrogen (secondary N) is 1. The van der Waals surface area contributed by atoms with Gasteiger partial charge in [0.05, 0.1) is 14.7 Å². The minimum absolute atomic E-state index is 0.0876. The summed E-state index contributed by atoms with van der Waals surface area (Å²) in [5.74, 6) is 0.331. The van der Waals surface area contributed by atoms with Crippen molar-refractivity contribution < 1.29 is 21.2 Å². The standard InChI is InChI=1S/C23H28FN3O4S2/c1-16(2)21-10-9-20(32(28,29)19-7-5-18(24)6-8-19)15-22(21)33(30,31)26-12-14-27-13-11-25-23(27)17(3)4/h5-11,13,15-17,26H,12,14H2,1-4H3. The molecular weight excluding hydrogens is 465 g/mol. The Morgan fingerprint density at radius 2 is 1.58 bits per heavy atom. The fourth-order valence-corrected chi connectivity index (χ4v) is 6.30. The number of hydrogen-bond donors (Lipinski definition) is 1. The van der Waals surface area contributed by atoms with Crippen LogP contribution < -0.4 is 4.72 Å². The number of aromatic nitrogens is 2. The van der Waals surface area contributed by atoms with Gasteiger partial charge in [-0.1, -0.05) is 33.8 Å². The molecule has 0 atom stereocenters. The molecule has 0 aliphatic carbocycles. The van der Waals surface area contributed by atoms with Crippen LogP contribution in [0, 0.1) is 5.82 Å². The first-order valence-electron chi connectivity index (χ1n) is 10.6. The maximum absolute atomic E-state index is 13.2. The van der Waals surface area contributed by atoms with Crippen LogP contribution >= 0.6 is 0 Å². The van der Waals surface area contributed by atoms with E-state index in [0.717, 1.165) is 30.1 Å². The summed E-state index contributed by atoms with van der Waals surface area (Å²) in [5, 5.41) is 0. The van der Waals surface area contributed by atoms with Crippen molar-refractivity contribution in [2.75, 3.05) is 6.54 Å². The lowest BCUT2D eigenvalue weighted by molar-refractivity contribution is 0.563. The first-order chi connectivity index (χ1) is 15.4. The highest BCUT2D eigenvalue weighted by molar-refractivity contribution is 7.91. The topological polar surface area (TPSA) is 98.1 Å². The second-order valence-electron chi connectivity index (χ2n) is 8.34. The van der Waals surface area contributed by atoms with Crippen LogP contribution in [0.1, 0.15) is 50.9 Å². The van der Waals surface area contributed by atoms with Gasteiger partial charge in [0.15, 0.2) is 0 Å². The fraction of sp³-hybridized carbons (Fsp3) is 0.348. The van der Waals surface area contributed by atoms with Gasteiger partial charge in [-0.05, 0) is 47.9 Å². The Morgan fingerprint density at radius 1 is 0.939 bits per heavy atom. The van der Waals surface area contributed by atoms with Crippen LogP contribution in [0.5, 0.6) is 0 Å². The normalized spacial score (nSPS) is 12.6. The second kappa shape index (κ2) is 9.74. The molecule has 178 valence electrons. The smallest absolute Gasteiger partial charge is 0.240 e. The summed E-state index contributed by atoms with van der Waals surface area (Å²) in [7, 11) is -8.03. The number of rotatable bonds is 9. The van der Waals surface area contributed by atoms with Crippen LogP contribution in [0.3, 0.4) is 0 Å². The predicted octanol–water partition coefficient (Wildman–Crippen LogP) is 4.08. The van der Waals surface area contributed by atoms with Gasteiger partial charge < -0.3 is 4.57 Å². The average molecular weight is 494 g/mol. The SMILES string of the molecule is CC(C)c1ccc(S(=O)(=O)c2ccc(F)cc2)cc1S(=O)(=O)NCCn1ccnc1C(C)C. The van der Waals surface area contributed by atoms with E-state index in [1.807, 2.05) is 32.3 Å². The minimum Gasteiger partial charge on any atom is -0.333 e. The van der Waals surface area contributed by atoms with Crippen LogP contribution in [0.25, 0.3) is 0 Å². The molecule has 3 rings (SSSR count). The lowest BCUT2D eigenvalue weighted by atomic mass is 10.0. The van der Waals surface area contributed by atoms with Gasteiger partial charge in [-0.2, -0.15) is 0 Å². The summed E-state index contributed by atoms with van der Waals surface area (Å²) in [4.78, 5) is 3.92. The van der Waals surface area contributed by atoms with Crippen molar-refractivity contribution in [2.24, 2.45) is 0 Å². The quantitative estimate of drug-likeness (QED) is 0.453. The van der Waals surface area contributed by atoms with Gasteiger partial charge in [-0.3, -0.25) is 0 Å². The van der Waals surface area contributed by atoms with E-state index in [0.29, 0.717) is 12.1 Å². The molecule has 33 heavy (non-hydrogen) atoms. The Morgan fingerprint density at radius 3 is 2.18 bits per heavy atom. The molecule has 2 aromatic carbocycles. The average Bonchev–Trinajstić information content (AvgIpc) is 3.22. The van der Waals surface area contributed by atoms with Gasteiger partial charge >= 0.3 is 0 Å². The number of hydrogen-bond acceptors (Lipinski definition) is 5. The Balaban J connectivity index is 1.93. The predicted molar refractivity (Wildman–Crippen MR) is 124 cm³/mol. The van der Waals surface area contributed by atoms with Gasteiger partial charge in [0.1, 0.15) is 11.6 Å². The molecule has 0 saturated heterocycles. The highest BCUT2D eigenvalue weighted by Gasteiger charge is 2.25. The van der Waals surface area contributed by atoms with Crippen LogP contribution in [0.4, 0.5) is 4.39 Å². The number of sulfonamides is 1. The maximum atomic E-state index is 13.2. The van der Waals surface area contributed by atoms with Crippen molar-refractivity contribution in [2.45, 2.75) is 60.8 Å². The molecule has 0 aliphatic heterocycles. The second-order valence-corrected chi connectivity index (χ2v) is 12.0. The fourth-order valence-electron chi connectivity index (χ4n) is 3.53. The molecule has 0 radical (unpaired) electrons. The molecule has 0 bridgehead atoms. The monoisotopic (exact) mass is 493 g/mol. The zero-order valence-corrected chi connectivity index (χ0v) is 20.6. The van der Waals surface area contributed by atoms with Gasteiger partial charge in [0.2, 0.25) is 19.9 Å². The Bertz CT molecular complexity index is 1330. The van der Waals surface area contributed by atoms with Crippen molar-refractivity contribution >= 4 is 19.9 Å². The molecule has 1 heterocycles. The van der Waals surface area contributed by atoms with E-state index >= 15 is 0 Å². The maximum Gasteiger partial charge on any atom is 0.240 e. The molecule has 0 spiro atoms. The highest BCUT2D eigenvalue weighted by Crippen LogP contribution is 2.29. The van der Waals surface area contributed by atoms with E-state index in [9.17, 15) is 21.2 Å². The Labute approximate surface area is 194 Å². The molecule has 0 fully saturated rings. The number of halogens is 1. The molecule has 1 N–H and O–H groups in total. The lowest BCUT2D eigenvalue weighted by Crippen LogP contribution is -2.29. The van der Waals surface area contributed by atoms with Crippen LogP contribution in [0.2, 0.25) is 0 Å². The number of nitrogens with zero attached hydrogens (tertiary/aromatic N) is 2. The highest BCUT2D eigenvalue weighted by atomic mass is 32.2. The van der Waals surface area contributed by atoms with Crippen molar-refractivity contribution in [3.05, 3.63) is 72.1 Å². The first kappa shape index (κ1) is 25.1. The van der Waals surface area contributed by atoms with E-state index in [2.05, 4.69) is 9.71 Å². The van der Waals surface area contributed by atoms with Gasteiger partial charge in [0, 0.05) is 31.4 Å². The van der Waals surface area contributed by atoms with Crippen LogP contribution in [0.15, 0.2) is 69.5 Å². The zero-order chi connectivity index (χ0) is 24.4. The summed E-state index contributed by atoms with van der Waals surface area (Å²) >= 11 is 0. The molecule has 1 aromatic heterocycles. The van der Waals surface area contributed by atoms with Crippen molar-refractivity contribution in [3.8, 4) is 0 Å². The summed E-state index contributed by atoms with van der Waals surface area (Å²) in [6, 6.07) is 8.49. The van der Waals surface area contributed by atoms with E-state index in [1.54, 1.807) is 12.4 Å². The molecule has 0 aliphatic rings. The van der Waals surface area contributed by atoms with Crippen molar-refractivity contribution in [1.82, 2.24) is 14.3 Å². The molecule has 10 heteroatoms. The van der Waals surface area contributed by atoms with Crippen LogP contribution in [-0.2, 0) is 26.4 Å². The first-order valence-corrected chi connectivity index (χ1v) is 13.6. The molecule has 0 saturated carbocycles. The van der Waals surface area contributed by atoms with E-state index in [4.69, 9.17) is 0 Å². The third-order valence-electron chi connectivity index (χ3n) is 5.24. The van der Waals surface area contributed by atoms with Gasteiger partial charge in [-0.15, -0.1) is 0 Å². The molecular formula is C23H28FN3O4S2. The largest absolute Gasteiger partial charge is 0.333 e. The zero-order valence-electron chi connectivity index (χ0n) is 19.0. The Hall–Kier alpha value is -2.56. The van der Waals surface area contributed by atoms with Gasteiger partial charge in [-0.25, -0.2) is 30.9 Å². The van der Waals surface area contributed by atoms with Crippen molar-refractivity contribution in [1.29, 1.82) is 0 Å². The third kappa shape index (κ3) is 5.51. The molecule has 7 nitrogen and oxygen atoms in total. The van der Waals surface area contributed by atoms with E-state index < -0.39 is 25.7 Å². The van der Waals surface area contributed by atoms with Crippen LogP contribution in [-0.4, -0.2) is 32.9 Å². The molecule has 0 unspecified atom stereocenters. The summed E-state index contributed by atoms with van der Waals surface area (Å²) < 4.78 is 70.1. The van der Waals surface area contributed by atoms with Crippen molar-refractivity contribution in [3.63, 3.8) is 0 Å². The minimum atomic E-state index is -4.02. The molecule has 3 aromatic rings. The van der Waals surface area contributed by atoms with E-state index in [1.165, 1.54) is 18.2 Å². The molecule has 0 amide bonds. The number of imidazole rings is 1. The summed E-state index contributed by atoms with van der Waals surface area (Å²) in [6.45, 7) is 8.18. The number of benzene rings is 2. The lowest BCUT2D eigenvalue weighted by Gasteiger charge is -2.16. The van der Waals surface area contributed by atoms with Gasteiger partial charge in [0.25, 0.3) is 0 Å². The Kier molecular flexibility index (Phi) is 7.40. The number of sulfone groups is 1. The van der Waals surface area contributed by atoms with E-state index in [-0.39, 0.29) is 33.1 Å². The summed E-state index contributed by atoms with van der Waals surface area (Å²) in [5.41, 5.74) is 0.506.